The molecule has 0 amide bonds. The largest absolute Gasteiger partial charge is 0.418 e. The highest BCUT2D eigenvalue weighted by molar-refractivity contribution is 7.89. The van der Waals surface area contributed by atoms with Gasteiger partial charge < -0.3 is 5.32 Å². The number of benzene rings is 1. The first-order chi connectivity index (χ1) is 12.1. The lowest BCUT2D eigenvalue weighted by molar-refractivity contribution is -0.137. The number of aromatic amines is 1. The Hall–Kier alpha value is -2.44. The lowest BCUT2D eigenvalue weighted by Gasteiger charge is -2.15. The van der Waals surface area contributed by atoms with Crippen LogP contribution in [0.15, 0.2) is 40.6 Å². The molecule has 0 aliphatic heterocycles. The third kappa shape index (κ3) is 4.03. The van der Waals surface area contributed by atoms with Crippen molar-refractivity contribution in [2.24, 2.45) is 5.14 Å². The van der Waals surface area contributed by atoms with Crippen LogP contribution in [-0.4, -0.2) is 23.6 Å². The lowest BCUT2D eigenvalue weighted by atomic mass is 10.1. The lowest BCUT2D eigenvalue weighted by Crippen LogP contribution is -2.16. The van der Waals surface area contributed by atoms with Crippen LogP contribution < -0.4 is 10.5 Å². The second kappa shape index (κ2) is 6.70. The molecule has 4 N–H and O–H groups in total. The van der Waals surface area contributed by atoms with Crippen LogP contribution in [0.25, 0.3) is 10.7 Å². The Kier molecular flexibility index (Phi) is 4.73. The highest BCUT2D eigenvalue weighted by Crippen LogP contribution is 2.36. The SMILES string of the molecule is NS(=O)(=O)c1ccc(NCc2nc(-c3cccs3)n[nH]2)c(C(F)(F)F)c1. The van der Waals surface area contributed by atoms with E-state index in [4.69, 9.17) is 5.14 Å². The number of hydrogen-bond donors (Lipinski definition) is 3. The highest BCUT2D eigenvalue weighted by atomic mass is 32.2. The number of halogens is 3. The Morgan fingerprint density at radius 2 is 2.04 bits per heavy atom. The molecule has 0 fully saturated rings. The Bertz CT molecular complexity index is 1010. The number of anilines is 1. The maximum absolute atomic E-state index is 13.2. The van der Waals surface area contributed by atoms with Crippen LogP contribution in [0.1, 0.15) is 11.4 Å². The van der Waals surface area contributed by atoms with Gasteiger partial charge in [-0.25, -0.2) is 18.5 Å². The first-order valence-electron chi connectivity index (χ1n) is 7.07. The van der Waals surface area contributed by atoms with Gasteiger partial charge in [0.2, 0.25) is 10.0 Å². The third-order valence-corrected chi connectivity index (χ3v) is 5.12. The second-order valence-corrected chi connectivity index (χ2v) is 7.70. The van der Waals surface area contributed by atoms with Crippen molar-refractivity contribution < 1.29 is 21.6 Å². The maximum Gasteiger partial charge on any atom is 0.418 e. The van der Waals surface area contributed by atoms with Crippen molar-refractivity contribution in [3.63, 3.8) is 0 Å². The molecule has 0 radical (unpaired) electrons. The predicted octanol–water partition coefficient (Wildman–Crippen LogP) is 2.81. The summed E-state index contributed by atoms with van der Waals surface area (Å²) in [6.07, 6.45) is -4.76. The third-order valence-electron chi connectivity index (χ3n) is 3.34. The first kappa shape index (κ1) is 18.4. The Balaban J connectivity index is 1.83. The number of thiophene rings is 1. The number of H-pyrrole nitrogens is 1. The molecule has 0 saturated carbocycles. The van der Waals surface area contributed by atoms with Gasteiger partial charge >= 0.3 is 6.18 Å². The maximum atomic E-state index is 13.2. The Morgan fingerprint density at radius 3 is 2.65 bits per heavy atom. The number of primary sulfonamides is 1. The molecular weight excluding hydrogens is 391 g/mol. The molecule has 7 nitrogen and oxygen atoms in total. The minimum Gasteiger partial charge on any atom is -0.377 e. The molecule has 0 aliphatic rings. The number of sulfonamides is 1. The van der Waals surface area contributed by atoms with Gasteiger partial charge in [-0.3, -0.25) is 5.10 Å². The van der Waals surface area contributed by atoms with Crippen molar-refractivity contribution in [3.8, 4) is 10.7 Å². The summed E-state index contributed by atoms with van der Waals surface area (Å²) < 4.78 is 62.2. The number of rotatable bonds is 5. The van der Waals surface area contributed by atoms with Crippen molar-refractivity contribution >= 4 is 27.0 Å². The zero-order chi connectivity index (χ0) is 18.9. The highest BCUT2D eigenvalue weighted by Gasteiger charge is 2.34. The van der Waals surface area contributed by atoms with Gasteiger partial charge in [0, 0.05) is 5.69 Å². The quantitative estimate of drug-likeness (QED) is 0.606. The summed E-state index contributed by atoms with van der Waals surface area (Å²) in [4.78, 5) is 4.41. The van der Waals surface area contributed by atoms with Crippen LogP contribution >= 0.6 is 11.3 Å². The predicted molar refractivity (Wildman–Crippen MR) is 89.8 cm³/mol. The number of nitrogens with zero attached hydrogens (tertiary/aromatic N) is 2. The topological polar surface area (TPSA) is 114 Å². The van der Waals surface area contributed by atoms with Crippen LogP contribution in [0.3, 0.4) is 0 Å². The summed E-state index contributed by atoms with van der Waals surface area (Å²) in [5.41, 5.74) is -1.43. The standard InChI is InChI=1S/C14H12F3N5O2S2/c15-14(16,17)9-6-8(26(18,23)24)3-4-10(9)19-7-12-20-13(22-21-12)11-2-1-5-25-11/h1-6,19H,7H2,(H2,18,23,24)(H,20,21,22). The van der Waals surface area contributed by atoms with E-state index in [0.29, 0.717) is 17.7 Å². The van der Waals surface area contributed by atoms with Gasteiger partial charge in [0.15, 0.2) is 5.82 Å². The summed E-state index contributed by atoms with van der Waals surface area (Å²) in [5, 5.41) is 16.0. The van der Waals surface area contributed by atoms with E-state index < -0.39 is 26.7 Å². The van der Waals surface area contributed by atoms with E-state index in [0.717, 1.165) is 17.0 Å². The van der Waals surface area contributed by atoms with Crippen molar-refractivity contribution in [3.05, 3.63) is 47.1 Å². The summed E-state index contributed by atoms with van der Waals surface area (Å²) in [5.74, 6) is 0.773. The van der Waals surface area contributed by atoms with Crippen LogP contribution in [0, 0.1) is 0 Å². The van der Waals surface area contributed by atoms with Gasteiger partial charge in [-0.05, 0) is 29.6 Å². The van der Waals surface area contributed by atoms with Gasteiger partial charge in [-0.1, -0.05) is 6.07 Å². The molecule has 138 valence electrons. The average Bonchev–Trinajstić information content (AvgIpc) is 3.22. The molecule has 26 heavy (non-hydrogen) atoms. The number of hydrogen-bond acceptors (Lipinski definition) is 6. The average molecular weight is 403 g/mol. The molecule has 0 spiro atoms. The van der Waals surface area contributed by atoms with Gasteiger partial charge in [-0.2, -0.15) is 18.3 Å². The number of aromatic nitrogens is 3. The number of nitrogens with two attached hydrogens (primary N) is 1. The minimum atomic E-state index is -4.76. The molecule has 2 aromatic heterocycles. The fourth-order valence-corrected chi connectivity index (χ4v) is 3.36. The van der Waals surface area contributed by atoms with Crippen LogP contribution in [0.4, 0.5) is 18.9 Å². The summed E-state index contributed by atoms with van der Waals surface area (Å²) >= 11 is 1.43. The fraction of sp³-hybridized carbons (Fsp3) is 0.143. The van der Waals surface area contributed by atoms with Crippen molar-refractivity contribution in [2.45, 2.75) is 17.6 Å². The molecule has 0 unspecified atom stereocenters. The molecule has 3 aromatic rings. The van der Waals surface area contributed by atoms with Crippen LogP contribution in [-0.2, 0) is 22.7 Å². The molecule has 3 rings (SSSR count). The molecule has 2 heterocycles. The van der Waals surface area contributed by atoms with Crippen LogP contribution in [0.2, 0.25) is 0 Å². The van der Waals surface area contributed by atoms with E-state index in [1.54, 1.807) is 0 Å². The van der Waals surface area contributed by atoms with Gasteiger partial charge in [0.1, 0.15) is 5.82 Å². The van der Waals surface area contributed by atoms with Gasteiger partial charge in [0.05, 0.1) is 21.9 Å². The van der Waals surface area contributed by atoms with E-state index in [1.165, 1.54) is 11.3 Å². The molecule has 0 bridgehead atoms. The summed E-state index contributed by atoms with van der Waals surface area (Å²) in [6.45, 7) is -0.0593. The van der Waals surface area contributed by atoms with E-state index >= 15 is 0 Å². The normalized spacial score (nSPS) is 12.3. The Morgan fingerprint density at radius 1 is 1.27 bits per heavy atom. The van der Waals surface area contributed by atoms with Crippen LogP contribution in [0.5, 0.6) is 0 Å². The van der Waals surface area contributed by atoms with E-state index in [2.05, 4.69) is 20.5 Å². The van der Waals surface area contributed by atoms with Crippen molar-refractivity contribution in [1.29, 1.82) is 0 Å². The van der Waals surface area contributed by atoms with E-state index in [-0.39, 0.29) is 12.2 Å². The zero-order valence-corrected chi connectivity index (χ0v) is 14.5. The molecule has 0 atom stereocenters. The van der Waals surface area contributed by atoms with Crippen molar-refractivity contribution in [1.82, 2.24) is 15.2 Å². The van der Waals surface area contributed by atoms with Gasteiger partial charge in [-0.15, -0.1) is 11.3 Å². The monoisotopic (exact) mass is 403 g/mol. The van der Waals surface area contributed by atoms with Gasteiger partial charge in [0.25, 0.3) is 0 Å². The van der Waals surface area contributed by atoms with E-state index in [1.807, 2.05) is 17.5 Å². The minimum absolute atomic E-state index is 0.0593. The number of nitrogens with one attached hydrogen (secondary N) is 2. The summed E-state index contributed by atoms with van der Waals surface area (Å²) in [6, 6.07) is 6.16. The molecule has 0 saturated heterocycles. The number of alkyl halides is 3. The van der Waals surface area contributed by atoms with Crippen molar-refractivity contribution in [2.75, 3.05) is 5.32 Å². The van der Waals surface area contributed by atoms with E-state index in [9.17, 15) is 21.6 Å². The second-order valence-electron chi connectivity index (χ2n) is 5.19. The zero-order valence-electron chi connectivity index (χ0n) is 12.9. The Labute approximate surface area is 150 Å². The molecule has 12 heteroatoms. The summed E-state index contributed by atoms with van der Waals surface area (Å²) in [7, 11) is -4.25. The first-order valence-corrected chi connectivity index (χ1v) is 9.50. The molecular formula is C14H12F3N5O2S2. The smallest absolute Gasteiger partial charge is 0.377 e. The molecule has 1 aromatic carbocycles. The molecule has 0 aliphatic carbocycles. The fourth-order valence-electron chi connectivity index (χ4n) is 2.16.